The lowest BCUT2D eigenvalue weighted by molar-refractivity contribution is 2.42. The molecule has 0 saturated heterocycles. The molecule has 0 aromatic heterocycles. The number of hydrogen-bond donors (Lipinski definition) is 0. The summed E-state index contributed by atoms with van der Waals surface area (Å²) in [7, 11) is 0. The van der Waals surface area contributed by atoms with Gasteiger partial charge in [-0.25, -0.2) is 0 Å². The van der Waals surface area contributed by atoms with Gasteiger partial charge in [0.2, 0.25) is 0 Å². The van der Waals surface area contributed by atoms with Crippen LogP contribution in [-0.2, 0) is 0 Å². The Bertz CT molecular complexity index is 33.9. The zero-order valence-corrected chi connectivity index (χ0v) is 4.51. The van der Waals surface area contributed by atoms with Crippen molar-refractivity contribution in [1.82, 2.24) is 0 Å². The summed E-state index contributed by atoms with van der Waals surface area (Å²) >= 11 is 6.69. The Morgan fingerprint density at radius 2 is 2.40 bits per heavy atom. The maximum atomic E-state index is 5.10. The van der Waals surface area contributed by atoms with Crippen molar-refractivity contribution in [2.45, 2.75) is 0 Å². The molecule has 0 bridgehead atoms. The minimum absolute atomic E-state index is 1.49. The highest BCUT2D eigenvalue weighted by Gasteiger charge is 1.53. The molecule has 0 unspecified atom stereocenters. The van der Waals surface area contributed by atoms with Crippen LogP contribution in [0.4, 0.5) is 0 Å². The van der Waals surface area contributed by atoms with Crippen LogP contribution in [0.3, 0.4) is 0 Å². The van der Waals surface area contributed by atoms with Crippen LogP contribution in [0.5, 0.6) is 0 Å². The van der Waals surface area contributed by atoms with Gasteiger partial charge in [-0.1, -0.05) is 11.6 Å². The molecular formula is C3H5ClS. The van der Waals surface area contributed by atoms with Crippen molar-refractivity contribution in [2.24, 2.45) is 0 Å². The summed E-state index contributed by atoms with van der Waals surface area (Å²) in [5, 5.41) is 1.81. The van der Waals surface area contributed by atoms with E-state index in [9.17, 15) is 0 Å². The van der Waals surface area contributed by atoms with Gasteiger partial charge >= 0.3 is 0 Å². The van der Waals surface area contributed by atoms with E-state index in [4.69, 9.17) is 11.6 Å². The second-order valence-corrected chi connectivity index (χ2v) is 1.49. The fourth-order valence-corrected chi connectivity index (χ4v) is 0.463. The summed E-state index contributed by atoms with van der Waals surface area (Å²) in [6.45, 7) is 0. The van der Waals surface area contributed by atoms with Gasteiger partial charge in [0.1, 0.15) is 0 Å². The standard InChI is InChI=1S/C3H5ClS/c1-5-3-2-4/h2-3H,1H3. The number of halogens is 1. The van der Waals surface area contributed by atoms with Crippen molar-refractivity contribution in [3.63, 3.8) is 0 Å². The van der Waals surface area contributed by atoms with Crippen LogP contribution in [-0.4, -0.2) is 6.26 Å². The quantitative estimate of drug-likeness (QED) is 0.496. The molecule has 0 heterocycles. The second kappa shape index (κ2) is 4.38. The summed E-state index contributed by atoms with van der Waals surface area (Å²) in [5.41, 5.74) is 1.49. The number of rotatable bonds is 1. The van der Waals surface area contributed by atoms with Crippen LogP contribution < -0.4 is 0 Å². The van der Waals surface area contributed by atoms with Crippen molar-refractivity contribution in [3.8, 4) is 0 Å². The van der Waals surface area contributed by atoms with Gasteiger partial charge in [-0.2, -0.15) is 0 Å². The van der Waals surface area contributed by atoms with Gasteiger partial charge < -0.3 is 0 Å². The zero-order chi connectivity index (χ0) is 4.12. The Labute approximate surface area is 41.2 Å². The molecule has 0 N–H and O–H groups in total. The molecule has 0 atom stereocenters. The second-order valence-electron chi connectivity index (χ2n) is 0.498. The maximum Gasteiger partial charge on any atom is 0.0105 e. The first-order valence-corrected chi connectivity index (χ1v) is 2.92. The van der Waals surface area contributed by atoms with E-state index in [0.717, 1.165) is 0 Å². The first kappa shape index (κ1) is 5.38. The lowest BCUT2D eigenvalue weighted by Crippen LogP contribution is -1.31. The Kier molecular flexibility index (Phi) is 4.71. The van der Waals surface area contributed by atoms with Crippen molar-refractivity contribution in [3.05, 3.63) is 10.9 Å². The summed E-state index contributed by atoms with van der Waals surface area (Å²) in [4.78, 5) is 0. The Balaban J connectivity index is 2.62. The zero-order valence-electron chi connectivity index (χ0n) is 2.94. The van der Waals surface area contributed by atoms with Gasteiger partial charge in [0.25, 0.3) is 0 Å². The largest absolute Gasteiger partial charge is 0.137 e. The molecule has 0 aliphatic rings. The molecule has 0 nitrogen and oxygen atoms in total. The van der Waals surface area contributed by atoms with E-state index in [1.54, 1.807) is 11.8 Å². The van der Waals surface area contributed by atoms with Crippen LogP contribution in [0.25, 0.3) is 0 Å². The van der Waals surface area contributed by atoms with E-state index in [0.29, 0.717) is 0 Å². The fourth-order valence-electron chi connectivity index (χ4n) is 0.0514. The molecule has 0 saturated carbocycles. The fraction of sp³-hybridized carbons (Fsp3) is 0.333. The van der Waals surface area contributed by atoms with E-state index in [2.05, 4.69) is 0 Å². The third kappa shape index (κ3) is 4.38. The smallest absolute Gasteiger partial charge is 0.0105 e. The van der Waals surface area contributed by atoms with Crippen LogP contribution in [0.15, 0.2) is 10.9 Å². The highest BCUT2D eigenvalue weighted by atomic mass is 35.5. The van der Waals surface area contributed by atoms with Crippen molar-refractivity contribution >= 4 is 23.4 Å². The van der Waals surface area contributed by atoms with Crippen LogP contribution in [0, 0.1) is 0 Å². The summed E-state index contributed by atoms with van der Waals surface area (Å²) in [6, 6.07) is 0. The molecule has 30 valence electrons. The lowest BCUT2D eigenvalue weighted by Gasteiger charge is -1.64. The molecule has 0 aliphatic carbocycles. The highest BCUT2D eigenvalue weighted by Crippen LogP contribution is 1.92. The minimum Gasteiger partial charge on any atom is -0.137 e. The van der Waals surface area contributed by atoms with E-state index >= 15 is 0 Å². The maximum absolute atomic E-state index is 5.10. The molecule has 0 amide bonds. The average molecular weight is 109 g/mol. The third-order valence-corrected chi connectivity index (χ3v) is 0.871. The predicted molar refractivity (Wildman–Crippen MR) is 28.5 cm³/mol. The SMILES string of the molecule is CSC=CCl. The molecule has 0 aromatic rings. The highest BCUT2D eigenvalue weighted by molar-refractivity contribution is 8.01. The third-order valence-electron chi connectivity index (χ3n) is 0.188. The van der Waals surface area contributed by atoms with Crippen LogP contribution in [0.1, 0.15) is 0 Å². The van der Waals surface area contributed by atoms with Gasteiger partial charge in [-0.3, -0.25) is 0 Å². The predicted octanol–water partition coefficient (Wildman–Crippen LogP) is 2.06. The van der Waals surface area contributed by atoms with Gasteiger partial charge in [0.15, 0.2) is 0 Å². The van der Waals surface area contributed by atoms with Crippen molar-refractivity contribution in [2.75, 3.05) is 6.26 Å². The number of thioether (sulfide) groups is 1. The molecule has 0 radical (unpaired) electrons. The monoisotopic (exact) mass is 108 g/mol. The molecular weight excluding hydrogens is 104 g/mol. The van der Waals surface area contributed by atoms with Gasteiger partial charge in [0, 0.05) is 5.54 Å². The van der Waals surface area contributed by atoms with Gasteiger partial charge in [0.05, 0.1) is 0 Å². The number of hydrogen-bond acceptors (Lipinski definition) is 1. The summed E-state index contributed by atoms with van der Waals surface area (Å²) in [5.74, 6) is 0. The van der Waals surface area contributed by atoms with Gasteiger partial charge in [-0.05, 0) is 11.7 Å². The normalized spacial score (nSPS) is 10.0. The molecule has 5 heavy (non-hydrogen) atoms. The minimum atomic E-state index is 1.49. The lowest BCUT2D eigenvalue weighted by atomic mass is 11.3. The van der Waals surface area contributed by atoms with E-state index in [1.165, 1.54) is 5.54 Å². The Morgan fingerprint density at radius 1 is 1.80 bits per heavy atom. The van der Waals surface area contributed by atoms with E-state index in [1.807, 2.05) is 11.7 Å². The summed E-state index contributed by atoms with van der Waals surface area (Å²) in [6.07, 6.45) is 1.96. The Hall–Kier alpha value is 0.380. The topological polar surface area (TPSA) is 0 Å². The average Bonchev–Trinajstić information content (AvgIpc) is 1.41. The molecule has 0 fully saturated rings. The van der Waals surface area contributed by atoms with E-state index < -0.39 is 0 Å². The van der Waals surface area contributed by atoms with Gasteiger partial charge in [-0.15, -0.1) is 11.8 Å². The molecule has 0 aliphatic heterocycles. The Morgan fingerprint density at radius 3 is 2.40 bits per heavy atom. The first-order chi connectivity index (χ1) is 2.41. The van der Waals surface area contributed by atoms with Crippen molar-refractivity contribution in [1.29, 1.82) is 0 Å². The van der Waals surface area contributed by atoms with Crippen LogP contribution >= 0.6 is 23.4 Å². The van der Waals surface area contributed by atoms with E-state index in [-0.39, 0.29) is 0 Å². The first-order valence-electron chi connectivity index (χ1n) is 1.20. The molecule has 0 aromatic carbocycles. The van der Waals surface area contributed by atoms with Crippen LogP contribution in [0.2, 0.25) is 0 Å². The van der Waals surface area contributed by atoms with Crippen molar-refractivity contribution < 1.29 is 0 Å². The molecule has 2 heteroatoms. The molecule has 0 spiro atoms. The summed E-state index contributed by atoms with van der Waals surface area (Å²) < 4.78 is 0. The molecule has 0 rings (SSSR count).